The highest BCUT2D eigenvalue weighted by Crippen LogP contribution is 2.27. The number of carbonyl (C=O) groups excluding carboxylic acids is 1. The van der Waals surface area contributed by atoms with Crippen LogP contribution in [0.1, 0.15) is 12.5 Å². The zero-order valence-corrected chi connectivity index (χ0v) is 11.9. The average molecular weight is 267 g/mol. The van der Waals surface area contributed by atoms with E-state index in [4.69, 9.17) is 14.2 Å². The normalized spacial score (nSPS) is 11.8. The molecule has 5 nitrogen and oxygen atoms in total. The summed E-state index contributed by atoms with van der Waals surface area (Å²) in [5.41, 5.74) is 0.875. The van der Waals surface area contributed by atoms with Gasteiger partial charge in [-0.05, 0) is 24.6 Å². The monoisotopic (exact) mass is 267 g/mol. The minimum atomic E-state index is -0.0447. The van der Waals surface area contributed by atoms with E-state index in [1.165, 1.54) is 0 Å². The minimum Gasteiger partial charge on any atom is -0.493 e. The van der Waals surface area contributed by atoms with Crippen molar-refractivity contribution < 1.29 is 19.0 Å². The van der Waals surface area contributed by atoms with Gasteiger partial charge in [0, 0.05) is 13.2 Å². The van der Waals surface area contributed by atoms with Gasteiger partial charge in [0.2, 0.25) is 5.91 Å². The Labute approximate surface area is 113 Å². The fraction of sp³-hybridized carbons (Fsp3) is 0.500. The van der Waals surface area contributed by atoms with Crippen LogP contribution >= 0.6 is 0 Å². The van der Waals surface area contributed by atoms with Gasteiger partial charge in [-0.25, -0.2) is 0 Å². The molecule has 1 unspecified atom stereocenters. The van der Waals surface area contributed by atoms with Gasteiger partial charge in [-0.15, -0.1) is 0 Å². The van der Waals surface area contributed by atoms with Gasteiger partial charge < -0.3 is 19.5 Å². The van der Waals surface area contributed by atoms with Crippen LogP contribution in [0.5, 0.6) is 11.5 Å². The van der Waals surface area contributed by atoms with E-state index in [-0.39, 0.29) is 11.9 Å². The number of hydrogen-bond acceptors (Lipinski definition) is 4. The summed E-state index contributed by atoms with van der Waals surface area (Å²) in [7, 11) is 4.76. The first kappa shape index (κ1) is 15.3. The number of nitrogens with one attached hydrogen (secondary N) is 1. The van der Waals surface area contributed by atoms with E-state index >= 15 is 0 Å². The number of amides is 1. The van der Waals surface area contributed by atoms with Crippen molar-refractivity contribution in [3.8, 4) is 11.5 Å². The maximum Gasteiger partial charge on any atom is 0.224 e. The lowest BCUT2D eigenvalue weighted by Crippen LogP contribution is -2.36. The number of hydrogen-bond donors (Lipinski definition) is 1. The largest absolute Gasteiger partial charge is 0.493 e. The molecule has 106 valence electrons. The molecule has 19 heavy (non-hydrogen) atoms. The van der Waals surface area contributed by atoms with E-state index in [2.05, 4.69) is 5.32 Å². The van der Waals surface area contributed by atoms with Crippen LogP contribution < -0.4 is 14.8 Å². The number of rotatable bonds is 7. The highest BCUT2D eigenvalue weighted by molar-refractivity contribution is 5.79. The Balaban J connectivity index is 2.64. The van der Waals surface area contributed by atoms with Crippen molar-refractivity contribution in [3.63, 3.8) is 0 Å². The second kappa shape index (κ2) is 7.63. The SMILES string of the molecule is COCC(C)NC(=O)Cc1ccc(OC)c(OC)c1. The summed E-state index contributed by atoms with van der Waals surface area (Å²) in [4.78, 5) is 11.8. The molecule has 0 radical (unpaired) electrons. The summed E-state index contributed by atoms with van der Waals surface area (Å²) >= 11 is 0. The van der Waals surface area contributed by atoms with Crippen LogP contribution in [0.2, 0.25) is 0 Å². The van der Waals surface area contributed by atoms with Gasteiger partial charge in [0.1, 0.15) is 0 Å². The quantitative estimate of drug-likeness (QED) is 0.811. The summed E-state index contributed by atoms with van der Waals surface area (Å²) in [6, 6.07) is 5.44. The highest BCUT2D eigenvalue weighted by atomic mass is 16.5. The predicted molar refractivity (Wildman–Crippen MR) is 72.7 cm³/mol. The van der Waals surface area contributed by atoms with E-state index < -0.39 is 0 Å². The average Bonchev–Trinajstić information content (AvgIpc) is 2.38. The first-order valence-corrected chi connectivity index (χ1v) is 6.10. The number of methoxy groups -OCH3 is 3. The molecule has 1 aromatic rings. The maximum atomic E-state index is 11.8. The topological polar surface area (TPSA) is 56.8 Å². The smallest absolute Gasteiger partial charge is 0.224 e. The Hall–Kier alpha value is -1.75. The van der Waals surface area contributed by atoms with Gasteiger partial charge in [-0.1, -0.05) is 6.07 Å². The molecule has 1 aromatic carbocycles. The molecule has 0 aliphatic heterocycles. The third-order valence-corrected chi connectivity index (χ3v) is 2.64. The Bertz CT molecular complexity index is 420. The summed E-state index contributed by atoms with van der Waals surface area (Å²) in [5.74, 6) is 1.23. The van der Waals surface area contributed by atoms with Crippen molar-refractivity contribution in [2.24, 2.45) is 0 Å². The van der Waals surface area contributed by atoms with Gasteiger partial charge in [-0.3, -0.25) is 4.79 Å². The predicted octanol–water partition coefficient (Wildman–Crippen LogP) is 1.40. The van der Waals surface area contributed by atoms with Crippen molar-refractivity contribution >= 4 is 5.91 Å². The fourth-order valence-corrected chi connectivity index (χ4v) is 1.79. The molecular formula is C14H21NO4. The van der Waals surface area contributed by atoms with Gasteiger partial charge in [0.25, 0.3) is 0 Å². The van der Waals surface area contributed by atoms with Crippen LogP contribution in [0, 0.1) is 0 Å². The summed E-state index contributed by atoms with van der Waals surface area (Å²) in [5, 5.41) is 2.86. The van der Waals surface area contributed by atoms with Crippen molar-refractivity contribution in [2.45, 2.75) is 19.4 Å². The van der Waals surface area contributed by atoms with Crippen LogP contribution in [-0.4, -0.2) is 39.9 Å². The van der Waals surface area contributed by atoms with Crippen LogP contribution in [0.25, 0.3) is 0 Å². The third kappa shape index (κ3) is 4.79. The molecule has 0 spiro atoms. The molecule has 1 N–H and O–H groups in total. The zero-order valence-electron chi connectivity index (χ0n) is 11.9. The van der Waals surface area contributed by atoms with Crippen LogP contribution in [0.15, 0.2) is 18.2 Å². The molecule has 0 bridgehead atoms. The van der Waals surface area contributed by atoms with E-state index in [0.717, 1.165) is 5.56 Å². The Morgan fingerprint density at radius 2 is 1.89 bits per heavy atom. The van der Waals surface area contributed by atoms with Gasteiger partial charge in [-0.2, -0.15) is 0 Å². The summed E-state index contributed by atoms with van der Waals surface area (Å²) in [6.45, 7) is 2.40. The molecule has 1 rings (SSSR count). The number of ether oxygens (including phenoxy) is 3. The lowest BCUT2D eigenvalue weighted by Gasteiger charge is -2.13. The first-order valence-electron chi connectivity index (χ1n) is 6.10. The molecule has 0 saturated heterocycles. The van der Waals surface area contributed by atoms with Crippen LogP contribution in [0.4, 0.5) is 0 Å². The molecular weight excluding hydrogens is 246 g/mol. The van der Waals surface area contributed by atoms with Crippen molar-refractivity contribution in [1.29, 1.82) is 0 Å². The maximum absolute atomic E-state index is 11.8. The molecule has 0 aliphatic rings. The van der Waals surface area contributed by atoms with Crippen molar-refractivity contribution in [1.82, 2.24) is 5.32 Å². The molecule has 0 fully saturated rings. The van der Waals surface area contributed by atoms with Gasteiger partial charge in [0.05, 0.1) is 27.2 Å². The first-order chi connectivity index (χ1) is 9.10. The Morgan fingerprint density at radius 1 is 1.21 bits per heavy atom. The van der Waals surface area contributed by atoms with Gasteiger partial charge >= 0.3 is 0 Å². The summed E-state index contributed by atoms with van der Waals surface area (Å²) < 4.78 is 15.3. The van der Waals surface area contributed by atoms with Gasteiger partial charge in [0.15, 0.2) is 11.5 Å². The molecule has 1 atom stereocenters. The van der Waals surface area contributed by atoms with E-state index in [1.54, 1.807) is 33.5 Å². The lowest BCUT2D eigenvalue weighted by atomic mass is 10.1. The second-order valence-electron chi connectivity index (χ2n) is 4.29. The van der Waals surface area contributed by atoms with E-state index in [1.807, 2.05) is 13.0 Å². The molecule has 0 aromatic heterocycles. The molecule has 1 amide bonds. The molecule has 0 aliphatic carbocycles. The molecule has 0 heterocycles. The van der Waals surface area contributed by atoms with Crippen LogP contribution in [-0.2, 0) is 16.0 Å². The second-order valence-corrected chi connectivity index (χ2v) is 4.29. The minimum absolute atomic E-state index is 0.00218. The zero-order chi connectivity index (χ0) is 14.3. The van der Waals surface area contributed by atoms with Crippen molar-refractivity contribution in [3.05, 3.63) is 23.8 Å². The Kier molecular flexibility index (Phi) is 6.15. The lowest BCUT2D eigenvalue weighted by molar-refractivity contribution is -0.121. The Morgan fingerprint density at radius 3 is 2.47 bits per heavy atom. The third-order valence-electron chi connectivity index (χ3n) is 2.64. The fourth-order valence-electron chi connectivity index (χ4n) is 1.79. The summed E-state index contributed by atoms with van der Waals surface area (Å²) in [6.07, 6.45) is 0.300. The molecule has 0 saturated carbocycles. The van der Waals surface area contributed by atoms with E-state index in [9.17, 15) is 4.79 Å². The van der Waals surface area contributed by atoms with E-state index in [0.29, 0.717) is 24.5 Å². The van der Waals surface area contributed by atoms with Crippen molar-refractivity contribution in [2.75, 3.05) is 27.9 Å². The molecule has 5 heteroatoms. The number of carbonyl (C=O) groups is 1. The standard InChI is InChI=1S/C14H21NO4/c1-10(9-17-2)15-14(16)8-11-5-6-12(18-3)13(7-11)19-4/h5-7,10H,8-9H2,1-4H3,(H,15,16). The number of benzene rings is 1. The van der Waals surface area contributed by atoms with Crippen LogP contribution in [0.3, 0.4) is 0 Å². The highest BCUT2D eigenvalue weighted by Gasteiger charge is 2.10.